The largest absolute Gasteiger partial charge is 0.294 e. The van der Waals surface area contributed by atoms with Gasteiger partial charge < -0.3 is 0 Å². The zero-order chi connectivity index (χ0) is 13.2. The molecular weight excluding hydrogens is 250 g/mol. The normalized spacial score (nSPS) is 11.4. The molecule has 0 aliphatic carbocycles. The summed E-state index contributed by atoms with van der Waals surface area (Å²) in [4.78, 5) is 3.96. The van der Waals surface area contributed by atoms with Crippen molar-refractivity contribution in [1.29, 1.82) is 0 Å². The molecular formula is C13H13NO3S. The van der Waals surface area contributed by atoms with E-state index in [-0.39, 0.29) is 4.90 Å². The quantitative estimate of drug-likeness (QED) is 0.862. The van der Waals surface area contributed by atoms with E-state index in [0.29, 0.717) is 6.42 Å². The maximum atomic E-state index is 11.0. The van der Waals surface area contributed by atoms with E-state index in [4.69, 9.17) is 4.55 Å². The summed E-state index contributed by atoms with van der Waals surface area (Å²) in [6.45, 7) is 1.82. The molecule has 94 valence electrons. The van der Waals surface area contributed by atoms with E-state index in [1.807, 2.05) is 19.1 Å². The summed E-state index contributed by atoms with van der Waals surface area (Å²) >= 11 is 0. The van der Waals surface area contributed by atoms with Crippen LogP contribution in [0.4, 0.5) is 0 Å². The molecule has 0 saturated heterocycles. The summed E-state index contributed by atoms with van der Waals surface area (Å²) < 4.78 is 31.0. The zero-order valence-corrected chi connectivity index (χ0v) is 10.7. The van der Waals surface area contributed by atoms with Crippen LogP contribution in [0.3, 0.4) is 0 Å². The highest BCUT2D eigenvalue weighted by atomic mass is 32.2. The van der Waals surface area contributed by atoms with Gasteiger partial charge in [0.15, 0.2) is 0 Å². The van der Waals surface area contributed by atoms with Gasteiger partial charge in [-0.15, -0.1) is 0 Å². The molecule has 0 aliphatic heterocycles. The number of nitrogens with zero attached hydrogens (tertiary/aromatic N) is 1. The van der Waals surface area contributed by atoms with Gasteiger partial charge in [0.05, 0.1) is 4.90 Å². The van der Waals surface area contributed by atoms with Crippen LogP contribution in [0.5, 0.6) is 0 Å². The molecule has 1 aromatic heterocycles. The van der Waals surface area contributed by atoms with Crippen molar-refractivity contribution in [1.82, 2.24) is 4.98 Å². The van der Waals surface area contributed by atoms with Gasteiger partial charge in [0.25, 0.3) is 10.1 Å². The van der Waals surface area contributed by atoms with Crippen molar-refractivity contribution in [3.8, 4) is 0 Å². The number of hydrogen-bond donors (Lipinski definition) is 1. The Hall–Kier alpha value is -1.72. The molecule has 0 unspecified atom stereocenters. The lowest BCUT2D eigenvalue weighted by molar-refractivity contribution is 0.483. The zero-order valence-electron chi connectivity index (χ0n) is 9.87. The Morgan fingerprint density at radius 2 is 2.06 bits per heavy atom. The molecule has 1 aromatic carbocycles. The van der Waals surface area contributed by atoms with Crippen LogP contribution in [0.2, 0.25) is 0 Å². The highest BCUT2D eigenvalue weighted by Crippen LogP contribution is 2.18. The van der Waals surface area contributed by atoms with Crippen LogP contribution >= 0.6 is 0 Å². The van der Waals surface area contributed by atoms with Gasteiger partial charge in [-0.1, -0.05) is 12.1 Å². The van der Waals surface area contributed by atoms with E-state index in [9.17, 15) is 8.42 Å². The molecule has 2 rings (SSSR count). The monoisotopic (exact) mass is 263 g/mol. The Kier molecular flexibility index (Phi) is 3.45. The lowest BCUT2D eigenvalue weighted by Gasteiger charge is -2.07. The van der Waals surface area contributed by atoms with Crippen molar-refractivity contribution in [2.24, 2.45) is 0 Å². The average Bonchev–Trinajstić information content (AvgIpc) is 2.32. The molecule has 1 heterocycles. The van der Waals surface area contributed by atoms with Crippen LogP contribution in [0.1, 0.15) is 16.7 Å². The maximum absolute atomic E-state index is 11.0. The second kappa shape index (κ2) is 4.88. The highest BCUT2D eigenvalue weighted by molar-refractivity contribution is 7.85. The van der Waals surface area contributed by atoms with E-state index in [2.05, 4.69) is 4.98 Å². The smallest absolute Gasteiger partial charge is 0.282 e. The Labute approximate surface area is 106 Å². The van der Waals surface area contributed by atoms with Gasteiger partial charge in [-0.2, -0.15) is 8.42 Å². The minimum absolute atomic E-state index is 0.0741. The first kappa shape index (κ1) is 12.7. The van der Waals surface area contributed by atoms with Crippen LogP contribution in [-0.2, 0) is 16.5 Å². The Bertz CT molecular complexity index is 651. The minimum atomic E-state index is -4.13. The van der Waals surface area contributed by atoms with Crippen molar-refractivity contribution in [2.45, 2.75) is 18.2 Å². The molecule has 2 aromatic rings. The molecule has 0 fully saturated rings. The second-order valence-electron chi connectivity index (χ2n) is 4.10. The van der Waals surface area contributed by atoms with E-state index in [1.165, 1.54) is 12.1 Å². The summed E-state index contributed by atoms with van der Waals surface area (Å²) in [5, 5.41) is 0. The summed E-state index contributed by atoms with van der Waals surface area (Å²) in [6.07, 6.45) is 4.17. The number of rotatable bonds is 3. The number of aryl methyl sites for hydroxylation is 1. The van der Waals surface area contributed by atoms with Crippen LogP contribution in [0.15, 0.2) is 47.6 Å². The second-order valence-corrected chi connectivity index (χ2v) is 5.52. The molecule has 0 spiro atoms. The first-order chi connectivity index (χ1) is 8.47. The fraction of sp³-hybridized carbons (Fsp3) is 0.154. The average molecular weight is 263 g/mol. The van der Waals surface area contributed by atoms with Crippen LogP contribution in [-0.4, -0.2) is 18.0 Å². The van der Waals surface area contributed by atoms with E-state index in [0.717, 1.165) is 16.7 Å². The van der Waals surface area contributed by atoms with Gasteiger partial charge in [-0.25, -0.2) is 0 Å². The standard InChI is InChI=1S/C13H13NO3S/c1-10-7-13(18(15,16)17)5-4-12(10)8-11-3-2-6-14-9-11/h2-7,9H,8H2,1H3,(H,15,16,17). The van der Waals surface area contributed by atoms with Crippen LogP contribution < -0.4 is 0 Å². The fourth-order valence-corrected chi connectivity index (χ4v) is 2.32. The fourth-order valence-electron chi connectivity index (χ4n) is 1.75. The third-order valence-corrected chi connectivity index (χ3v) is 3.58. The Morgan fingerprint density at radius 1 is 1.28 bits per heavy atom. The van der Waals surface area contributed by atoms with Crippen molar-refractivity contribution in [2.75, 3.05) is 0 Å². The summed E-state index contributed by atoms with van der Waals surface area (Å²) in [5.74, 6) is 0. The molecule has 0 atom stereocenters. The molecule has 0 aliphatic rings. The lowest BCUT2D eigenvalue weighted by Crippen LogP contribution is -2.00. The van der Waals surface area contributed by atoms with Gasteiger partial charge >= 0.3 is 0 Å². The molecule has 18 heavy (non-hydrogen) atoms. The SMILES string of the molecule is Cc1cc(S(=O)(=O)O)ccc1Cc1cccnc1. The molecule has 0 saturated carbocycles. The molecule has 0 amide bonds. The van der Waals surface area contributed by atoms with Crippen LogP contribution in [0, 0.1) is 6.92 Å². The summed E-state index contributed by atoms with van der Waals surface area (Å²) in [5.41, 5.74) is 2.89. The predicted molar refractivity (Wildman–Crippen MR) is 68.0 cm³/mol. The number of aromatic nitrogens is 1. The number of pyridine rings is 1. The minimum Gasteiger partial charge on any atom is -0.282 e. The summed E-state index contributed by atoms with van der Waals surface area (Å²) in [7, 11) is -4.13. The molecule has 4 nitrogen and oxygen atoms in total. The third kappa shape index (κ3) is 2.94. The Morgan fingerprint density at radius 3 is 2.61 bits per heavy atom. The third-order valence-electron chi connectivity index (χ3n) is 2.73. The van der Waals surface area contributed by atoms with E-state index < -0.39 is 10.1 Å². The maximum Gasteiger partial charge on any atom is 0.294 e. The van der Waals surface area contributed by atoms with Crippen molar-refractivity contribution in [3.63, 3.8) is 0 Å². The van der Waals surface area contributed by atoms with Crippen molar-refractivity contribution < 1.29 is 13.0 Å². The molecule has 0 bridgehead atoms. The van der Waals surface area contributed by atoms with Crippen molar-refractivity contribution in [3.05, 3.63) is 59.4 Å². The summed E-state index contributed by atoms with van der Waals surface area (Å²) in [6, 6.07) is 8.42. The van der Waals surface area contributed by atoms with Gasteiger partial charge in [-0.3, -0.25) is 9.54 Å². The first-order valence-electron chi connectivity index (χ1n) is 5.43. The van der Waals surface area contributed by atoms with Crippen molar-refractivity contribution >= 4 is 10.1 Å². The first-order valence-corrected chi connectivity index (χ1v) is 6.87. The van der Waals surface area contributed by atoms with E-state index in [1.54, 1.807) is 18.5 Å². The lowest BCUT2D eigenvalue weighted by atomic mass is 10.0. The van der Waals surface area contributed by atoms with Gasteiger partial charge in [-0.05, 0) is 48.2 Å². The molecule has 0 radical (unpaired) electrons. The predicted octanol–water partition coefficient (Wildman–Crippen LogP) is 2.23. The number of hydrogen-bond acceptors (Lipinski definition) is 3. The number of benzene rings is 1. The topological polar surface area (TPSA) is 67.3 Å². The van der Waals surface area contributed by atoms with Gasteiger partial charge in [0.1, 0.15) is 0 Å². The van der Waals surface area contributed by atoms with E-state index >= 15 is 0 Å². The molecule has 1 N–H and O–H groups in total. The highest BCUT2D eigenvalue weighted by Gasteiger charge is 2.11. The molecule has 5 heteroatoms. The van der Waals surface area contributed by atoms with Crippen LogP contribution in [0.25, 0.3) is 0 Å². The Balaban J connectivity index is 2.32. The van der Waals surface area contributed by atoms with Gasteiger partial charge in [0.2, 0.25) is 0 Å². The van der Waals surface area contributed by atoms with Gasteiger partial charge in [0, 0.05) is 12.4 Å².